The van der Waals surface area contributed by atoms with Crippen LogP contribution in [0.25, 0.3) is 0 Å². The monoisotopic (exact) mass is 450 g/mol. The summed E-state index contributed by atoms with van der Waals surface area (Å²) in [6.45, 7) is 19.7. The van der Waals surface area contributed by atoms with Crippen LogP contribution in [0.15, 0.2) is 0 Å². The van der Waals surface area contributed by atoms with Gasteiger partial charge in [0.25, 0.3) is 0 Å². The van der Waals surface area contributed by atoms with E-state index in [2.05, 4.69) is 20.8 Å². The summed E-state index contributed by atoms with van der Waals surface area (Å²) in [7, 11) is 0. The molecule has 1 heteroatoms. The molecule has 4 saturated carbocycles. The first-order valence-corrected chi connectivity index (χ1v) is 15.2. The molecular weight excluding hydrogens is 388 g/mol. The molecule has 1 nitrogen and oxygen atoms in total. The highest BCUT2D eigenvalue weighted by molar-refractivity contribution is 5.09. The Morgan fingerprint density at radius 1 is 0.688 bits per heavy atom. The molecule has 1 N–H and O–H groups in total. The van der Waals surface area contributed by atoms with Crippen LogP contribution in [0.5, 0.6) is 0 Å². The van der Waals surface area contributed by atoms with E-state index in [1.807, 2.05) is 41.5 Å². The molecule has 4 fully saturated rings. The van der Waals surface area contributed by atoms with Gasteiger partial charge in [0.05, 0.1) is 6.10 Å². The van der Waals surface area contributed by atoms with Crippen LogP contribution in [-0.2, 0) is 0 Å². The molecule has 4 aliphatic carbocycles. The molecule has 0 amide bonds. The minimum absolute atomic E-state index is 0.00235. The molecule has 0 radical (unpaired) electrons. The van der Waals surface area contributed by atoms with Crippen LogP contribution >= 0.6 is 0 Å². The van der Waals surface area contributed by atoms with Crippen molar-refractivity contribution >= 4 is 0 Å². The molecule has 4 rings (SSSR count). The molecule has 8 atom stereocenters. The number of hydrogen-bond donors (Lipinski definition) is 1. The molecule has 0 bridgehead atoms. The van der Waals surface area contributed by atoms with Crippen molar-refractivity contribution in [2.45, 2.75) is 158 Å². The van der Waals surface area contributed by atoms with E-state index in [9.17, 15) is 5.11 Å². The van der Waals surface area contributed by atoms with Gasteiger partial charge in [-0.2, -0.15) is 0 Å². The second-order valence-electron chi connectivity index (χ2n) is 11.3. The van der Waals surface area contributed by atoms with Gasteiger partial charge in [-0.25, -0.2) is 0 Å². The lowest BCUT2D eigenvalue weighted by atomic mass is 9.44. The lowest BCUT2D eigenvalue weighted by Gasteiger charge is -2.61. The quantitative estimate of drug-likeness (QED) is 0.413. The standard InChI is InChI=1S/C25H44O.3C2H6/c1-4-5-6-7-8-18-10-12-22-21-11-9-19-17-20(26)13-15-25(19,3)23(21)14-16-24(18,22)2;3*1-2/h18-23,26H,4-17H2,1-3H3;3*1-2H3/t18?,19?,20-,21-,22?,23?,24+,25-;;;/m0.../s1. The zero-order chi connectivity index (χ0) is 24.4. The Morgan fingerprint density at radius 3 is 1.97 bits per heavy atom. The molecule has 4 unspecified atom stereocenters. The molecule has 32 heavy (non-hydrogen) atoms. The van der Waals surface area contributed by atoms with Crippen LogP contribution < -0.4 is 0 Å². The van der Waals surface area contributed by atoms with Gasteiger partial charge in [0.1, 0.15) is 0 Å². The van der Waals surface area contributed by atoms with Crippen molar-refractivity contribution in [1.82, 2.24) is 0 Å². The first kappa shape index (κ1) is 30.0. The topological polar surface area (TPSA) is 20.2 Å². The Labute approximate surface area is 203 Å². The molecule has 4 aliphatic rings. The van der Waals surface area contributed by atoms with Crippen molar-refractivity contribution in [2.75, 3.05) is 0 Å². The first-order valence-electron chi connectivity index (χ1n) is 15.2. The number of rotatable bonds is 5. The Bertz CT molecular complexity index is 487. The Balaban J connectivity index is 0.000000789. The summed E-state index contributed by atoms with van der Waals surface area (Å²) in [5.41, 5.74) is 1.20. The third-order valence-corrected chi connectivity index (χ3v) is 10.2. The third kappa shape index (κ3) is 6.14. The molecule has 0 spiro atoms. The Kier molecular flexibility index (Phi) is 13.5. The van der Waals surface area contributed by atoms with Gasteiger partial charge < -0.3 is 5.11 Å². The summed E-state index contributed by atoms with van der Waals surface area (Å²) in [6, 6.07) is 0. The zero-order valence-corrected chi connectivity index (χ0v) is 23.8. The maximum absolute atomic E-state index is 10.2. The van der Waals surface area contributed by atoms with Gasteiger partial charge in [-0.3, -0.25) is 0 Å². The number of hydrogen-bond acceptors (Lipinski definition) is 1. The van der Waals surface area contributed by atoms with Crippen molar-refractivity contribution in [3.8, 4) is 0 Å². The zero-order valence-electron chi connectivity index (χ0n) is 23.8. The van der Waals surface area contributed by atoms with Crippen molar-refractivity contribution in [1.29, 1.82) is 0 Å². The molecular formula is C31H62O. The van der Waals surface area contributed by atoms with E-state index in [0.717, 1.165) is 42.4 Å². The third-order valence-electron chi connectivity index (χ3n) is 10.2. The van der Waals surface area contributed by atoms with Crippen molar-refractivity contribution in [3.63, 3.8) is 0 Å². The molecule has 0 heterocycles. The minimum Gasteiger partial charge on any atom is -0.393 e. The van der Waals surface area contributed by atoms with E-state index in [1.54, 1.807) is 0 Å². The molecule has 192 valence electrons. The normalized spacial score (nSPS) is 41.8. The largest absolute Gasteiger partial charge is 0.393 e. The fourth-order valence-corrected chi connectivity index (χ4v) is 8.64. The minimum atomic E-state index is -0.00235. The Morgan fingerprint density at radius 2 is 1.31 bits per heavy atom. The average molecular weight is 451 g/mol. The SMILES string of the molecule is CC.CC.CC.CCCCCCC1CCC2[C@@H]3CCC4C[C@@H](O)CC[C@]4(C)C3CC[C@]12C. The van der Waals surface area contributed by atoms with Gasteiger partial charge in [0.15, 0.2) is 0 Å². The van der Waals surface area contributed by atoms with Gasteiger partial charge in [0, 0.05) is 0 Å². The molecule has 0 saturated heterocycles. The summed E-state index contributed by atoms with van der Waals surface area (Å²) in [5, 5.41) is 10.2. The first-order chi connectivity index (χ1) is 15.5. The number of unbranched alkanes of at least 4 members (excludes halogenated alkanes) is 3. The summed E-state index contributed by atoms with van der Waals surface area (Å²) in [6.07, 6.45) is 19.6. The summed E-state index contributed by atoms with van der Waals surface area (Å²) < 4.78 is 0. The van der Waals surface area contributed by atoms with E-state index < -0.39 is 0 Å². The highest BCUT2D eigenvalue weighted by Crippen LogP contribution is 2.67. The second kappa shape index (κ2) is 14.4. The van der Waals surface area contributed by atoms with Gasteiger partial charge in [-0.05, 0) is 105 Å². The van der Waals surface area contributed by atoms with Gasteiger partial charge in [-0.15, -0.1) is 0 Å². The number of fused-ring (bicyclic) bond motifs is 5. The highest BCUT2D eigenvalue weighted by atomic mass is 16.3. The van der Waals surface area contributed by atoms with E-state index >= 15 is 0 Å². The molecule has 0 aromatic rings. The summed E-state index contributed by atoms with van der Waals surface area (Å²) >= 11 is 0. The van der Waals surface area contributed by atoms with E-state index in [-0.39, 0.29) is 6.10 Å². The van der Waals surface area contributed by atoms with Crippen molar-refractivity contribution in [3.05, 3.63) is 0 Å². The maximum atomic E-state index is 10.2. The van der Waals surface area contributed by atoms with Crippen LogP contribution in [0.4, 0.5) is 0 Å². The predicted octanol–water partition coefficient (Wildman–Crippen LogP) is 10.1. The van der Waals surface area contributed by atoms with Crippen LogP contribution in [0.3, 0.4) is 0 Å². The van der Waals surface area contributed by atoms with Crippen LogP contribution in [0, 0.1) is 40.4 Å². The van der Waals surface area contributed by atoms with Gasteiger partial charge >= 0.3 is 0 Å². The second-order valence-corrected chi connectivity index (χ2v) is 11.3. The lowest BCUT2D eigenvalue weighted by Crippen LogP contribution is -2.53. The average Bonchev–Trinajstić information content (AvgIpc) is 3.17. The fourth-order valence-electron chi connectivity index (χ4n) is 8.64. The highest BCUT2D eigenvalue weighted by Gasteiger charge is 2.59. The Hall–Kier alpha value is -0.0400. The fraction of sp³-hybridized carbons (Fsp3) is 1.00. The summed E-state index contributed by atoms with van der Waals surface area (Å²) in [5.74, 6) is 4.81. The van der Waals surface area contributed by atoms with E-state index in [1.165, 1.54) is 77.0 Å². The van der Waals surface area contributed by atoms with Crippen molar-refractivity contribution in [2.24, 2.45) is 40.4 Å². The van der Waals surface area contributed by atoms with Crippen molar-refractivity contribution < 1.29 is 5.11 Å². The number of aliphatic hydroxyl groups is 1. The van der Waals surface area contributed by atoms with Crippen LogP contribution in [0.2, 0.25) is 0 Å². The molecule has 0 aliphatic heterocycles. The van der Waals surface area contributed by atoms with Crippen LogP contribution in [-0.4, -0.2) is 11.2 Å². The van der Waals surface area contributed by atoms with Crippen LogP contribution in [0.1, 0.15) is 152 Å². The predicted molar refractivity (Wildman–Crippen MR) is 144 cm³/mol. The molecule has 0 aromatic heterocycles. The van der Waals surface area contributed by atoms with E-state index in [0.29, 0.717) is 10.8 Å². The molecule has 0 aromatic carbocycles. The lowest BCUT2D eigenvalue weighted by molar-refractivity contribution is -0.127. The van der Waals surface area contributed by atoms with E-state index in [4.69, 9.17) is 0 Å². The number of aliphatic hydroxyl groups excluding tert-OH is 1. The van der Waals surface area contributed by atoms with Gasteiger partial charge in [0.2, 0.25) is 0 Å². The summed E-state index contributed by atoms with van der Waals surface area (Å²) in [4.78, 5) is 0. The maximum Gasteiger partial charge on any atom is 0.0543 e. The van der Waals surface area contributed by atoms with Gasteiger partial charge in [-0.1, -0.05) is 88.0 Å². The smallest absolute Gasteiger partial charge is 0.0543 e.